The predicted molar refractivity (Wildman–Crippen MR) is 58.5 cm³/mol. The third-order valence-electron chi connectivity index (χ3n) is 2.01. The monoisotopic (exact) mass is 228 g/mol. The van der Waals surface area contributed by atoms with E-state index in [2.05, 4.69) is 25.9 Å². The molecule has 0 atom stereocenters. The lowest BCUT2D eigenvalue weighted by molar-refractivity contribution is -0.115. The number of rotatable bonds is 3. The number of anilines is 1. The third-order valence-corrected chi connectivity index (χ3v) is 2.01. The number of amides is 1. The summed E-state index contributed by atoms with van der Waals surface area (Å²) in [5.41, 5.74) is 1.41. The highest BCUT2D eigenvalue weighted by molar-refractivity contribution is 5.92. The Hall–Kier alpha value is -2.75. The van der Waals surface area contributed by atoms with Crippen LogP contribution in [0.1, 0.15) is 6.42 Å². The zero-order valence-electron chi connectivity index (χ0n) is 8.71. The van der Waals surface area contributed by atoms with Crippen molar-refractivity contribution < 1.29 is 4.79 Å². The van der Waals surface area contributed by atoms with Crippen LogP contribution in [-0.4, -0.2) is 26.5 Å². The molecule has 2 rings (SSSR count). The Balaban J connectivity index is 2.09. The highest BCUT2D eigenvalue weighted by atomic mass is 16.1. The number of nitrogens with zero attached hydrogens (tertiary/aromatic N) is 4. The van der Waals surface area contributed by atoms with Gasteiger partial charge in [-0.15, -0.1) is 10.2 Å². The summed E-state index contributed by atoms with van der Waals surface area (Å²) in [4.78, 5) is 11.2. The number of H-pyrrole nitrogens is 1. The number of aromatic nitrogens is 4. The Morgan fingerprint density at radius 1 is 1.41 bits per heavy atom. The second kappa shape index (κ2) is 4.85. The summed E-state index contributed by atoms with van der Waals surface area (Å²) in [5, 5.41) is 24.4. The molecule has 1 heterocycles. The van der Waals surface area contributed by atoms with Gasteiger partial charge in [0.05, 0.1) is 6.07 Å². The van der Waals surface area contributed by atoms with E-state index in [0.29, 0.717) is 11.5 Å². The second-order valence-electron chi connectivity index (χ2n) is 3.20. The van der Waals surface area contributed by atoms with E-state index in [-0.39, 0.29) is 12.3 Å². The average Bonchev–Trinajstić information content (AvgIpc) is 2.84. The van der Waals surface area contributed by atoms with Crippen molar-refractivity contribution in [2.45, 2.75) is 6.42 Å². The number of aromatic amines is 1. The molecular weight excluding hydrogens is 220 g/mol. The molecule has 2 aromatic rings. The van der Waals surface area contributed by atoms with Crippen LogP contribution in [0.3, 0.4) is 0 Å². The van der Waals surface area contributed by atoms with Crippen LogP contribution in [0.2, 0.25) is 0 Å². The van der Waals surface area contributed by atoms with Gasteiger partial charge in [0.2, 0.25) is 11.7 Å². The highest BCUT2D eigenvalue weighted by Crippen LogP contribution is 2.16. The Morgan fingerprint density at radius 2 is 2.18 bits per heavy atom. The average molecular weight is 228 g/mol. The van der Waals surface area contributed by atoms with E-state index in [1.54, 1.807) is 30.3 Å². The molecule has 7 nitrogen and oxygen atoms in total. The molecule has 0 aliphatic heterocycles. The number of hydrogen-bond acceptors (Lipinski definition) is 5. The van der Waals surface area contributed by atoms with Crippen LogP contribution in [0, 0.1) is 11.3 Å². The lowest BCUT2D eigenvalue weighted by Gasteiger charge is -2.02. The van der Waals surface area contributed by atoms with Gasteiger partial charge in [-0.2, -0.15) is 10.5 Å². The largest absolute Gasteiger partial charge is 0.325 e. The first-order valence-corrected chi connectivity index (χ1v) is 4.80. The number of nitrogens with one attached hydrogen (secondary N) is 2. The van der Waals surface area contributed by atoms with Gasteiger partial charge in [-0.25, -0.2) is 0 Å². The number of carbonyl (C=O) groups excluding carboxylic acids is 1. The molecule has 1 aromatic carbocycles. The fourth-order valence-electron chi connectivity index (χ4n) is 1.26. The Morgan fingerprint density at radius 3 is 2.76 bits per heavy atom. The molecule has 0 unspecified atom stereocenters. The number of tetrazole rings is 1. The first-order chi connectivity index (χ1) is 8.29. The summed E-state index contributed by atoms with van der Waals surface area (Å²) in [6.45, 7) is 0. The van der Waals surface area contributed by atoms with E-state index < -0.39 is 0 Å². The van der Waals surface area contributed by atoms with Crippen LogP contribution in [0.5, 0.6) is 0 Å². The van der Waals surface area contributed by atoms with E-state index in [4.69, 9.17) is 5.26 Å². The molecule has 84 valence electrons. The van der Waals surface area contributed by atoms with Gasteiger partial charge in [0, 0.05) is 11.3 Å². The molecule has 0 radical (unpaired) electrons. The maximum atomic E-state index is 11.2. The van der Waals surface area contributed by atoms with Crippen molar-refractivity contribution in [2.75, 3.05) is 5.32 Å². The van der Waals surface area contributed by atoms with Crippen LogP contribution in [-0.2, 0) is 4.79 Å². The molecule has 0 spiro atoms. The van der Waals surface area contributed by atoms with Crippen molar-refractivity contribution in [1.29, 1.82) is 5.26 Å². The Labute approximate surface area is 96.5 Å². The highest BCUT2D eigenvalue weighted by Gasteiger charge is 2.04. The van der Waals surface area contributed by atoms with Crippen molar-refractivity contribution in [3.8, 4) is 17.5 Å². The van der Waals surface area contributed by atoms with Gasteiger partial charge in [-0.1, -0.05) is 0 Å². The minimum atomic E-state index is -0.334. The molecule has 2 N–H and O–H groups in total. The molecule has 0 bridgehead atoms. The fourth-order valence-corrected chi connectivity index (χ4v) is 1.26. The summed E-state index contributed by atoms with van der Waals surface area (Å²) in [5.74, 6) is 0.153. The number of benzene rings is 1. The fraction of sp³-hybridized carbons (Fsp3) is 0.100. The van der Waals surface area contributed by atoms with Gasteiger partial charge in [-0.05, 0) is 29.5 Å². The van der Waals surface area contributed by atoms with Crippen LogP contribution in [0.15, 0.2) is 24.3 Å². The first kappa shape index (κ1) is 10.8. The summed E-state index contributed by atoms with van der Waals surface area (Å²) >= 11 is 0. The van der Waals surface area contributed by atoms with Crippen LogP contribution >= 0.6 is 0 Å². The molecule has 0 saturated heterocycles. The molecular formula is C10H8N6O. The lowest BCUT2D eigenvalue weighted by Crippen LogP contribution is -2.09. The summed E-state index contributed by atoms with van der Waals surface area (Å²) in [7, 11) is 0. The Kier molecular flexibility index (Phi) is 3.07. The zero-order chi connectivity index (χ0) is 12.1. The van der Waals surface area contributed by atoms with Gasteiger partial charge < -0.3 is 5.32 Å². The lowest BCUT2D eigenvalue weighted by atomic mass is 10.2. The summed E-state index contributed by atoms with van der Waals surface area (Å²) < 4.78 is 0. The predicted octanol–water partition coefficient (Wildman–Crippen LogP) is 0.719. The topological polar surface area (TPSA) is 107 Å². The van der Waals surface area contributed by atoms with Crippen molar-refractivity contribution in [3.05, 3.63) is 24.3 Å². The second-order valence-corrected chi connectivity index (χ2v) is 3.20. The van der Waals surface area contributed by atoms with Crippen molar-refractivity contribution in [2.24, 2.45) is 0 Å². The van der Waals surface area contributed by atoms with Crippen molar-refractivity contribution in [3.63, 3.8) is 0 Å². The van der Waals surface area contributed by atoms with E-state index in [9.17, 15) is 4.79 Å². The summed E-state index contributed by atoms with van der Waals surface area (Å²) in [6, 6.07) is 8.71. The van der Waals surface area contributed by atoms with E-state index in [1.807, 2.05) is 0 Å². The van der Waals surface area contributed by atoms with Crippen molar-refractivity contribution >= 4 is 11.6 Å². The standard InChI is InChI=1S/C10H8N6O/c11-6-5-9(17)12-8-3-1-7(2-4-8)10-13-15-16-14-10/h1-4H,5H2,(H,12,17)(H,13,14,15,16). The maximum absolute atomic E-state index is 11.2. The normalized spacial score (nSPS) is 9.59. The quantitative estimate of drug-likeness (QED) is 0.804. The molecule has 1 aromatic heterocycles. The molecule has 0 aliphatic carbocycles. The molecule has 1 amide bonds. The van der Waals surface area contributed by atoms with E-state index in [1.165, 1.54) is 0 Å². The number of nitriles is 1. The van der Waals surface area contributed by atoms with Gasteiger partial charge in [-0.3, -0.25) is 4.79 Å². The van der Waals surface area contributed by atoms with Gasteiger partial charge in [0.25, 0.3) is 0 Å². The smallest absolute Gasteiger partial charge is 0.238 e. The van der Waals surface area contributed by atoms with Crippen LogP contribution < -0.4 is 5.32 Å². The minimum Gasteiger partial charge on any atom is -0.325 e. The summed E-state index contributed by atoms with van der Waals surface area (Å²) in [6.07, 6.45) is -0.160. The Bertz CT molecular complexity index is 539. The molecule has 7 heteroatoms. The van der Waals surface area contributed by atoms with Gasteiger partial charge in [0.15, 0.2) is 0 Å². The van der Waals surface area contributed by atoms with Crippen LogP contribution in [0.25, 0.3) is 11.4 Å². The van der Waals surface area contributed by atoms with E-state index in [0.717, 1.165) is 5.56 Å². The number of hydrogen-bond donors (Lipinski definition) is 2. The zero-order valence-corrected chi connectivity index (χ0v) is 8.71. The molecule has 0 fully saturated rings. The minimum absolute atomic E-state index is 0.160. The third kappa shape index (κ3) is 2.63. The number of carbonyl (C=O) groups is 1. The molecule has 0 saturated carbocycles. The SMILES string of the molecule is N#CCC(=O)Nc1ccc(-c2nn[nH]n2)cc1. The first-order valence-electron chi connectivity index (χ1n) is 4.80. The van der Waals surface area contributed by atoms with Gasteiger partial charge in [0.1, 0.15) is 6.42 Å². The molecule has 17 heavy (non-hydrogen) atoms. The maximum Gasteiger partial charge on any atom is 0.238 e. The van der Waals surface area contributed by atoms with E-state index >= 15 is 0 Å². The van der Waals surface area contributed by atoms with Crippen molar-refractivity contribution in [1.82, 2.24) is 20.6 Å². The van der Waals surface area contributed by atoms with Gasteiger partial charge >= 0.3 is 0 Å². The van der Waals surface area contributed by atoms with Crippen LogP contribution in [0.4, 0.5) is 5.69 Å². The molecule has 0 aliphatic rings.